The molecule has 1 aromatic rings. The summed E-state index contributed by atoms with van der Waals surface area (Å²) in [6.07, 6.45) is 14.2. The van der Waals surface area contributed by atoms with Crippen LogP contribution in [-0.4, -0.2) is 35.8 Å². The van der Waals surface area contributed by atoms with Crippen LogP contribution >= 0.6 is 0 Å². The molecule has 2 unspecified atom stereocenters. The highest BCUT2D eigenvalue weighted by Crippen LogP contribution is 2.60. The van der Waals surface area contributed by atoms with Crippen molar-refractivity contribution < 1.29 is 14.3 Å². The second kappa shape index (κ2) is 6.69. The van der Waals surface area contributed by atoms with Gasteiger partial charge in [-0.25, -0.2) is 9.78 Å². The van der Waals surface area contributed by atoms with Crippen molar-refractivity contribution in [2.45, 2.75) is 94.1 Å². The van der Waals surface area contributed by atoms with E-state index in [1.165, 1.54) is 74.6 Å². The molecule has 0 saturated heterocycles. The van der Waals surface area contributed by atoms with Gasteiger partial charge in [0.1, 0.15) is 0 Å². The number of aromatic nitrogens is 1. The predicted molar refractivity (Wildman–Crippen MR) is 115 cm³/mol. The Morgan fingerprint density at radius 3 is 2.40 bits per heavy atom. The second-order valence-corrected chi connectivity index (χ2v) is 10.9. The monoisotopic (exact) mass is 410 g/mol. The van der Waals surface area contributed by atoms with Gasteiger partial charge >= 0.3 is 5.97 Å². The molecular formula is C25H34N2O3. The van der Waals surface area contributed by atoms with Gasteiger partial charge in [-0.05, 0) is 106 Å². The van der Waals surface area contributed by atoms with Gasteiger partial charge in [0.25, 0.3) is 0 Å². The molecule has 30 heavy (non-hydrogen) atoms. The maximum Gasteiger partial charge on any atom is 0.357 e. The fourth-order valence-corrected chi connectivity index (χ4v) is 8.38. The van der Waals surface area contributed by atoms with E-state index in [-0.39, 0.29) is 17.1 Å². The molecule has 1 heterocycles. The number of nitrogens with one attached hydrogen (secondary N) is 1. The Balaban J connectivity index is 1.40. The molecule has 7 aliphatic rings. The average molecular weight is 411 g/mol. The third-order valence-electron chi connectivity index (χ3n) is 9.01. The molecule has 2 atom stereocenters. The van der Waals surface area contributed by atoms with Crippen molar-refractivity contribution in [2.75, 3.05) is 19.0 Å². The number of nitrogens with zero attached hydrogens (tertiary/aromatic N) is 1. The smallest absolute Gasteiger partial charge is 0.357 e. The van der Waals surface area contributed by atoms with Crippen molar-refractivity contribution in [2.24, 2.45) is 11.8 Å². The number of rotatable bonds is 5. The van der Waals surface area contributed by atoms with Crippen molar-refractivity contribution in [3.63, 3.8) is 0 Å². The number of fused-ring (bicyclic) bond motifs is 2. The molecule has 7 aliphatic carbocycles. The summed E-state index contributed by atoms with van der Waals surface area (Å²) in [4.78, 5) is 17.4. The molecule has 0 spiro atoms. The van der Waals surface area contributed by atoms with E-state index in [1.807, 2.05) is 20.2 Å². The van der Waals surface area contributed by atoms with Crippen LogP contribution in [0.5, 0.6) is 0 Å². The molecule has 162 valence electrons. The third kappa shape index (κ3) is 2.77. The minimum absolute atomic E-state index is 0.0639. The van der Waals surface area contributed by atoms with Gasteiger partial charge in [-0.2, -0.15) is 0 Å². The molecule has 0 aromatic carbocycles. The summed E-state index contributed by atoms with van der Waals surface area (Å²) in [7, 11) is 1.91. The van der Waals surface area contributed by atoms with Crippen LogP contribution in [0.2, 0.25) is 0 Å². The van der Waals surface area contributed by atoms with Gasteiger partial charge < -0.3 is 14.8 Å². The van der Waals surface area contributed by atoms with Gasteiger partial charge in [-0.3, -0.25) is 0 Å². The van der Waals surface area contributed by atoms with Crippen LogP contribution in [0.3, 0.4) is 0 Å². The Kier molecular flexibility index (Phi) is 4.26. The quantitative estimate of drug-likeness (QED) is 0.679. The number of pyridine rings is 1. The van der Waals surface area contributed by atoms with Crippen molar-refractivity contribution in [1.82, 2.24) is 4.98 Å². The third-order valence-corrected chi connectivity index (χ3v) is 9.01. The number of anilines is 1. The molecule has 5 nitrogen and oxygen atoms in total. The molecule has 1 aromatic heterocycles. The van der Waals surface area contributed by atoms with E-state index >= 15 is 0 Å². The van der Waals surface area contributed by atoms with Crippen LogP contribution in [0.1, 0.15) is 105 Å². The Morgan fingerprint density at radius 1 is 1.10 bits per heavy atom. The van der Waals surface area contributed by atoms with E-state index in [0.29, 0.717) is 24.1 Å². The first-order valence-corrected chi connectivity index (χ1v) is 12.1. The first kappa shape index (κ1) is 19.1. The maximum atomic E-state index is 12.7. The SMILES string of the molecule is CCOC(=O)c1ncc(NC23CC4CC(C2)CC(OC)(C4)C3)c2c1C1CCC2CC1. The lowest BCUT2D eigenvalue weighted by molar-refractivity contribution is -0.148. The minimum Gasteiger partial charge on any atom is -0.461 e. The molecule has 8 rings (SSSR count). The molecule has 5 heteroatoms. The number of esters is 1. The van der Waals surface area contributed by atoms with Crippen molar-refractivity contribution in [1.29, 1.82) is 0 Å². The standard InChI is InChI=1S/C25H34N2O3/c1-3-30-23(28)22-21-18-6-4-17(5-7-18)20(21)19(13-26-22)27-24-9-15-8-16(10-24)12-25(11-15,14-24)29-2/h13,15-18,27H,3-12,14H2,1-2H3. The van der Waals surface area contributed by atoms with Gasteiger partial charge in [0.2, 0.25) is 0 Å². The normalized spacial score (nSPS) is 40.3. The number of carbonyl (C=O) groups is 1. The van der Waals surface area contributed by atoms with Crippen LogP contribution in [-0.2, 0) is 9.47 Å². The van der Waals surface area contributed by atoms with Gasteiger partial charge in [0.15, 0.2) is 5.69 Å². The van der Waals surface area contributed by atoms with E-state index in [1.54, 1.807) is 0 Å². The van der Waals surface area contributed by atoms with Gasteiger partial charge in [-0.1, -0.05) is 0 Å². The fraction of sp³-hybridized carbons (Fsp3) is 0.760. The van der Waals surface area contributed by atoms with Crippen LogP contribution in [0.25, 0.3) is 0 Å². The zero-order valence-electron chi connectivity index (χ0n) is 18.3. The highest BCUT2D eigenvalue weighted by Gasteiger charge is 2.58. The Bertz CT molecular complexity index is 859. The summed E-state index contributed by atoms with van der Waals surface area (Å²) < 4.78 is 11.5. The summed E-state index contributed by atoms with van der Waals surface area (Å²) in [5.74, 6) is 2.31. The Morgan fingerprint density at radius 2 is 1.77 bits per heavy atom. The lowest BCUT2D eigenvalue weighted by Crippen LogP contribution is -2.62. The van der Waals surface area contributed by atoms with E-state index in [0.717, 1.165) is 18.3 Å². The molecule has 0 aliphatic heterocycles. The number of ether oxygens (including phenoxy) is 2. The van der Waals surface area contributed by atoms with Gasteiger partial charge in [0.05, 0.1) is 24.1 Å². The second-order valence-electron chi connectivity index (χ2n) is 10.9. The average Bonchev–Trinajstić information content (AvgIpc) is 2.73. The summed E-state index contributed by atoms with van der Waals surface area (Å²) in [5.41, 5.74) is 4.54. The van der Waals surface area contributed by atoms with Crippen LogP contribution in [0.4, 0.5) is 5.69 Å². The summed E-state index contributed by atoms with van der Waals surface area (Å²) in [5, 5.41) is 4.06. The highest BCUT2D eigenvalue weighted by molar-refractivity contribution is 5.90. The van der Waals surface area contributed by atoms with E-state index in [2.05, 4.69) is 5.32 Å². The lowest BCUT2D eigenvalue weighted by Gasteiger charge is -2.62. The van der Waals surface area contributed by atoms with Crippen molar-refractivity contribution in [3.05, 3.63) is 23.0 Å². The molecule has 6 bridgehead atoms. The first-order chi connectivity index (χ1) is 14.5. The van der Waals surface area contributed by atoms with Gasteiger partial charge in [-0.15, -0.1) is 0 Å². The van der Waals surface area contributed by atoms with E-state index in [4.69, 9.17) is 14.5 Å². The molecule has 0 amide bonds. The maximum absolute atomic E-state index is 12.7. The van der Waals surface area contributed by atoms with Crippen LogP contribution in [0, 0.1) is 11.8 Å². The summed E-state index contributed by atoms with van der Waals surface area (Å²) >= 11 is 0. The molecule has 5 fully saturated rings. The highest BCUT2D eigenvalue weighted by atomic mass is 16.5. The molecular weight excluding hydrogens is 376 g/mol. The van der Waals surface area contributed by atoms with E-state index in [9.17, 15) is 4.79 Å². The van der Waals surface area contributed by atoms with Crippen LogP contribution < -0.4 is 5.32 Å². The fourth-order valence-electron chi connectivity index (χ4n) is 8.38. The molecule has 5 saturated carbocycles. The summed E-state index contributed by atoms with van der Waals surface area (Å²) in [6.45, 7) is 2.26. The van der Waals surface area contributed by atoms with E-state index < -0.39 is 0 Å². The molecule has 0 radical (unpaired) electrons. The Labute approximate surface area is 179 Å². The molecule has 1 N–H and O–H groups in total. The van der Waals surface area contributed by atoms with Crippen molar-refractivity contribution >= 4 is 11.7 Å². The van der Waals surface area contributed by atoms with Gasteiger partial charge in [0, 0.05) is 12.6 Å². The minimum atomic E-state index is -0.249. The zero-order chi connectivity index (χ0) is 20.5. The van der Waals surface area contributed by atoms with Crippen LogP contribution in [0.15, 0.2) is 6.20 Å². The zero-order valence-corrected chi connectivity index (χ0v) is 18.3. The topological polar surface area (TPSA) is 60.5 Å². The van der Waals surface area contributed by atoms with Crippen molar-refractivity contribution in [3.8, 4) is 0 Å². The number of hydrogen-bond acceptors (Lipinski definition) is 5. The predicted octanol–water partition coefficient (Wildman–Crippen LogP) is 5.16. The largest absolute Gasteiger partial charge is 0.461 e. The summed E-state index contributed by atoms with van der Waals surface area (Å²) in [6, 6.07) is 0. The lowest BCUT2D eigenvalue weighted by atomic mass is 9.51. The number of methoxy groups -OCH3 is 1. The number of carbonyl (C=O) groups excluding carboxylic acids is 1. The first-order valence-electron chi connectivity index (χ1n) is 12.1. The Hall–Kier alpha value is -1.62. The number of hydrogen-bond donors (Lipinski definition) is 1.